The number of hydrogen-bond donors (Lipinski definition) is 2. The maximum atomic E-state index is 12.2. The Kier molecular flexibility index (Phi) is 8.68. The number of carbonyl (C=O) groups excluding carboxylic acids is 1. The maximum Gasteiger partial charge on any atom is 0.258 e. The molecule has 6 heteroatoms. The molecule has 3 rings (SSSR count). The largest absolute Gasteiger partial charge is 0.489 e. The number of aromatic nitrogens is 1. The predicted molar refractivity (Wildman–Crippen MR) is 138 cm³/mol. The fourth-order valence-corrected chi connectivity index (χ4v) is 3.22. The maximum absolute atomic E-state index is 12.2. The van der Waals surface area contributed by atoms with Gasteiger partial charge < -0.3 is 10.1 Å². The number of pyridine rings is 1. The van der Waals surface area contributed by atoms with Crippen LogP contribution in [0.1, 0.15) is 28.4 Å². The lowest BCUT2D eigenvalue weighted by atomic mass is 10.0. The first-order chi connectivity index (χ1) is 16.1. The summed E-state index contributed by atoms with van der Waals surface area (Å²) < 4.78 is 5.94. The highest BCUT2D eigenvalue weighted by Gasteiger charge is 2.08. The fourth-order valence-electron chi connectivity index (χ4n) is 3.01. The summed E-state index contributed by atoms with van der Waals surface area (Å²) in [4.78, 5) is 16.1. The van der Waals surface area contributed by atoms with Crippen molar-refractivity contribution in [2.75, 3.05) is 5.32 Å². The Morgan fingerprint density at radius 3 is 2.64 bits per heavy atom. The van der Waals surface area contributed by atoms with Gasteiger partial charge in [-0.3, -0.25) is 15.1 Å². The molecule has 0 aliphatic carbocycles. The van der Waals surface area contributed by atoms with E-state index in [2.05, 4.69) is 40.4 Å². The van der Waals surface area contributed by atoms with Crippen molar-refractivity contribution in [2.24, 2.45) is 0 Å². The molecular formula is C27H25N3O2S. The van der Waals surface area contributed by atoms with Gasteiger partial charge in [-0.15, -0.1) is 0 Å². The van der Waals surface area contributed by atoms with Crippen LogP contribution in [0.15, 0.2) is 104 Å². The van der Waals surface area contributed by atoms with E-state index in [4.69, 9.17) is 17.0 Å². The lowest BCUT2D eigenvalue weighted by Gasteiger charge is -2.12. The summed E-state index contributed by atoms with van der Waals surface area (Å²) >= 11 is 5.25. The van der Waals surface area contributed by atoms with E-state index in [1.54, 1.807) is 24.4 Å². The third-order valence-electron chi connectivity index (χ3n) is 4.58. The zero-order chi connectivity index (χ0) is 23.5. The van der Waals surface area contributed by atoms with Gasteiger partial charge in [-0.1, -0.05) is 61.2 Å². The first kappa shape index (κ1) is 23.6. The monoisotopic (exact) mass is 455 g/mol. The number of hydrogen-bond acceptors (Lipinski definition) is 4. The second-order valence-electron chi connectivity index (χ2n) is 7.02. The summed E-state index contributed by atoms with van der Waals surface area (Å²) in [5.74, 6) is 0.364. The zero-order valence-electron chi connectivity index (χ0n) is 18.3. The van der Waals surface area contributed by atoms with Gasteiger partial charge in [-0.25, -0.2) is 0 Å². The van der Waals surface area contributed by atoms with Crippen LogP contribution in [0, 0.1) is 0 Å². The van der Waals surface area contributed by atoms with Gasteiger partial charge >= 0.3 is 0 Å². The van der Waals surface area contributed by atoms with Crippen molar-refractivity contribution in [2.45, 2.75) is 13.5 Å². The molecule has 0 aliphatic heterocycles. The number of benzene rings is 2. The average molecular weight is 456 g/mol. The number of ether oxygens (including phenoxy) is 1. The van der Waals surface area contributed by atoms with Gasteiger partial charge in [-0.2, -0.15) is 0 Å². The number of amides is 1. The number of thiocarbonyl (C=S) groups is 1. The van der Waals surface area contributed by atoms with E-state index in [-0.39, 0.29) is 11.0 Å². The minimum atomic E-state index is -0.322. The summed E-state index contributed by atoms with van der Waals surface area (Å²) in [7, 11) is 0. The van der Waals surface area contributed by atoms with Gasteiger partial charge in [0.05, 0.1) is 5.56 Å². The number of anilines is 1. The first-order valence-corrected chi connectivity index (χ1v) is 10.8. The molecule has 0 bridgehead atoms. The van der Waals surface area contributed by atoms with Crippen LogP contribution in [-0.4, -0.2) is 16.0 Å². The van der Waals surface area contributed by atoms with Gasteiger partial charge in [0.1, 0.15) is 12.4 Å². The topological polar surface area (TPSA) is 63.2 Å². The molecule has 166 valence electrons. The number of nitrogens with one attached hydrogen (secondary N) is 2. The molecule has 2 aromatic carbocycles. The van der Waals surface area contributed by atoms with Crippen LogP contribution in [0.3, 0.4) is 0 Å². The summed E-state index contributed by atoms with van der Waals surface area (Å²) in [6.07, 6.45) is 10.9. The third-order valence-corrected chi connectivity index (χ3v) is 4.78. The molecule has 33 heavy (non-hydrogen) atoms. The number of allylic oxidation sites excluding steroid dienone is 5. The normalized spacial score (nSPS) is 11.1. The van der Waals surface area contributed by atoms with Crippen LogP contribution < -0.4 is 15.4 Å². The highest BCUT2D eigenvalue weighted by molar-refractivity contribution is 7.80. The van der Waals surface area contributed by atoms with Crippen LogP contribution in [0.4, 0.5) is 5.69 Å². The molecule has 3 aromatic rings. The lowest BCUT2D eigenvalue weighted by molar-refractivity contribution is 0.0977. The number of carbonyl (C=O) groups is 1. The van der Waals surface area contributed by atoms with Crippen molar-refractivity contribution in [3.05, 3.63) is 121 Å². The van der Waals surface area contributed by atoms with Gasteiger partial charge in [-0.05, 0) is 60.1 Å². The highest BCUT2D eigenvalue weighted by atomic mass is 32.1. The molecule has 0 aliphatic rings. The molecule has 0 atom stereocenters. The summed E-state index contributed by atoms with van der Waals surface area (Å²) in [5.41, 5.74) is 4.41. The first-order valence-electron chi connectivity index (χ1n) is 10.4. The predicted octanol–water partition coefficient (Wildman–Crippen LogP) is 5.93. The Balaban J connectivity index is 1.56. The van der Waals surface area contributed by atoms with Crippen LogP contribution in [0.25, 0.3) is 5.57 Å². The van der Waals surface area contributed by atoms with Gasteiger partial charge in [0.25, 0.3) is 5.91 Å². The molecule has 1 heterocycles. The Bertz CT molecular complexity index is 1170. The van der Waals surface area contributed by atoms with Crippen LogP contribution in [-0.2, 0) is 6.61 Å². The number of nitrogens with zero attached hydrogens (tertiary/aromatic N) is 1. The average Bonchev–Trinajstić information content (AvgIpc) is 2.83. The van der Waals surface area contributed by atoms with Crippen LogP contribution in [0.2, 0.25) is 0 Å². The van der Waals surface area contributed by atoms with E-state index in [1.165, 1.54) is 6.20 Å². The van der Waals surface area contributed by atoms with Crippen molar-refractivity contribution in [1.82, 2.24) is 10.3 Å². The smallest absolute Gasteiger partial charge is 0.258 e. The van der Waals surface area contributed by atoms with Crippen molar-refractivity contribution in [3.8, 4) is 5.75 Å². The fraction of sp³-hybridized carbons (Fsp3) is 0.0741. The molecule has 0 radical (unpaired) electrons. The molecule has 0 unspecified atom stereocenters. The third kappa shape index (κ3) is 7.26. The second-order valence-corrected chi connectivity index (χ2v) is 7.43. The quantitative estimate of drug-likeness (QED) is 0.325. The molecule has 5 nitrogen and oxygen atoms in total. The summed E-state index contributed by atoms with van der Waals surface area (Å²) in [6.45, 7) is 6.19. The van der Waals surface area contributed by atoms with Crippen molar-refractivity contribution in [3.63, 3.8) is 0 Å². The molecule has 2 N–H and O–H groups in total. The SMILES string of the molecule is C=C/C=C(\C=C/C)c1ccc(COc2cccc(NC(=S)NC(=O)c3cccnc3)c2)cc1. The minimum absolute atomic E-state index is 0.195. The summed E-state index contributed by atoms with van der Waals surface area (Å²) in [5, 5.41) is 5.84. The van der Waals surface area contributed by atoms with E-state index < -0.39 is 0 Å². The van der Waals surface area contributed by atoms with Crippen molar-refractivity contribution < 1.29 is 9.53 Å². The van der Waals surface area contributed by atoms with Gasteiger partial charge in [0, 0.05) is 24.1 Å². The molecule has 0 fully saturated rings. The van der Waals surface area contributed by atoms with Gasteiger partial charge in [0.2, 0.25) is 0 Å². The number of rotatable bonds is 8. The van der Waals surface area contributed by atoms with E-state index in [1.807, 2.05) is 55.5 Å². The molecule has 0 saturated heterocycles. The molecule has 0 spiro atoms. The molecule has 1 amide bonds. The second kappa shape index (κ2) is 12.1. The summed E-state index contributed by atoms with van der Waals surface area (Å²) in [6, 6.07) is 19.0. The zero-order valence-corrected chi connectivity index (χ0v) is 19.1. The van der Waals surface area contributed by atoms with Crippen molar-refractivity contribution >= 4 is 34.5 Å². The van der Waals surface area contributed by atoms with Crippen LogP contribution in [0.5, 0.6) is 5.75 Å². The lowest BCUT2D eigenvalue weighted by Crippen LogP contribution is -2.34. The molecule has 1 aromatic heterocycles. The Labute approximate surface area is 199 Å². The Morgan fingerprint density at radius 2 is 1.94 bits per heavy atom. The minimum Gasteiger partial charge on any atom is -0.489 e. The van der Waals surface area contributed by atoms with E-state index in [9.17, 15) is 4.79 Å². The van der Waals surface area contributed by atoms with Crippen LogP contribution >= 0.6 is 12.2 Å². The standard InChI is InChI=1S/C27H25N3O2S/c1-3-7-21(8-4-2)22-14-12-20(13-15-22)19-32-25-11-5-10-24(17-25)29-27(33)30-26(31)23-9-6-16-28-18-23/h3-18H,1,19H2,2H3,(H2,29,30,31,33)/b8-4-,21-7+. The van der Waals surface area contributed by atoms with Gasteiger partial charge in [0.15, 0.2) is 5.11 Å². The Hall–Kier alpha value is -4.03. The molecule has 0 saturated carbocycles. The van der Waals surface area contributed by atoms with E-state index in [0.29, 0.717) is 23.6 Å². The van der Waals surface area contributed by atoms with E-state index >= 15 is 0 Å². The van der Waals surface area contributed by atoms with E-state index in [0.717, 1.165) is 16.7 Å². The van der Waals surface area contributed by atoms with Crippen molar-refractivity contribution in [1.29, 1.82) is 0 Å². The molecular weight excluding hydrogens is 430 g/mol. The Morgan fingerprint density at radius 1 is 1.12 bits per heavy atom. The highest BCUT2D eigenvalue weighted by Crippen LogP contribution is 2.20.